The van der Waals surface area contributed by atoms with Gasteiger partial charge < -0.3 is 75.0 Å². The fourth-order valence-electron chi connectivity index (χ4n) is 8.50. The summed E-state index contributed by atoms with van der Waals surface area (Å²) < 4.78 is 0. The first-order valence-corrected chi connectivity index (χ1v) is 25.0. The molecule has 25 heteroatoms. The molecule has 0 spiro atoms. The Labute approximate surface area is 433 Å². The molecule has 3 heterocycles. The SMILES string of the molecule is CC(=O)N[C@@H](CCCCN)C(=O)N[C@H]1CCCNC(=O)CCC(C(N)=O)NC(=O)[C@H](Cc2c[nH]c3ccccc23)NC(=O)[C@H](CCCNC(=N)N)NC(=O)[C@@H](Cc2ccccc2)NC(=O)[C@H](Cc2c[nH]cn2)NC1=O. The first-order valence-electron chi connectivity index (χ1n) is 25.0. The Balaban J connectivity index is 1.54. The zero-order valence-electron chi connectivity index (χ0n) is 41.9. The third-order valence-corrected chi connectivity index (χ3v) is 12.5. The van der Waals surface area contributed by atoms with Crippen molar-refractivity contribution in [2.75, 3.05) is 19.6 Å². The fourth-order valence-corrected chi connectivity index (χ4v) is 8.50. The van der Waals surface area contributed by atoms with Gasteiger partial charge in [0.15, 0.2) is 5.96 Å². The number of guanidine groups is 1. The van der Waals surface area contributed by atoms with E-state index in [4.69, 9.17) is 22.6 Å². The molecular formula is C50H70N16O9. The number of aromatic nitrogens is 3. The fraction of sp³-hybridized carbons (Fsp3) is 0.460. The molecule has 25 nitrogen and oxygen atoms in total. The molecule has 2 aromatic heterocycles. The van der Waals surface area contributed by atoms with Gasteiger partial charge >= 0.3 is 0 Å². The van der Waals surface area contributed by atoms with Crippen molar-refractivity contribution in [1.82, 2.24) is 62.8 Å². The summed E-state index contributed by atoms with van der Waals surface area (Å²) in [7, 11) is 0. The lowest BCUT2D eigenvalue weighted by Gasteiger charge is -2.28. The van der Waals surface area contributed by atoms with Gasteiger partial charge in [-0.15, -0.1) is 0 Å². The van der Waals surface area contributed by atoms with Gasteiger partial charge in [0, 0.05) is 69.0 Å². The molecule has 0 bridgehead atoms. The summed E-state index contributed by atoms with van der Waals surface area (Å²) in [5.41, 5.74) is 19.3. The maximum absolute atomic E-state index is 14.7. The molecule has 1 fully saturated rings. The summed E-state index contributed by atoms with van der Waals surface area (Å²) in [6.45, 7) is 1.69. The number of benzene rings is 2. The molecule has 75 heavy (non-hydrogen) atoms. The summed E-state index contributed by atoms with van der Waals surface area (Å²) >= 11 is 0. The van der Waals surface area contributed by atoms with Crippen LogP contribution in [0.4, 0.5) is 0 Å². The lowest BCUT2D eigenvalue weighted by Crippen LogP contribution is -2.60. The number of hydrogen-bond donors (Lipinski definition) is 15. The van der Waals surface area contributed by atoms with E-state index < -0.39 is 95.5 Å². The van der Waals surface area contributed by atoms with Crippen molar-refractivity contribution in [2.24, 2.45) is 17.2 Å². The van der Waals surface area contributed by atoms with Gasteiger partial charge in [-0.3, -0.25) is 48.6 Å². The number of aromatic amines is 2. The minimum atomic E-state index is -1.41. The Bertz CT molecular complexity index is 2590. The average molecular weight is 1040 g/mol. The van der Waals surface area contributed by atoms with Crippen molar-refractivity contribution < 1.29 is 43.2 Å². The van der Waals surface area contributed by atoms with Crippen LogP contribution in [0.2, 0.25) is 0 Å². The van der Waals surface area contributed by atoms with Crippen LogP contribution in [-0.4, -0.2) is 136 Å². The van der Waals surface area contributed by atoms with E-state index in [1.165, 1.54) is 19.4 Å². The van der Waals surface area contributed by atoms with E-state index in [2.05, 4.69) is 62.8 Å². The molecule has 2 aromatic carbocycles. The number of primary amides is 1. The van der Waals surface area contributed by atoms with Crippen LogP contribution in [0.15, 0.2) is 73.3 Å². The van der Waals surface area contributed by atoms with Crippen molar-refractivity contribution >= 4 is 70.0 Å². The highest BCUT2D eigenvalue weighted by Crippen LogP contribution is 2.20. The quantitative estimate of drug-likeness (QED) is 0.0289. The number of imidazole rings is 1. The number of nitrogens with zero attached hydrogens (tertiary/aromatic N) is 1. The number of rotatable bonds is 18. The smallest absolute Gasteiger partial charge is 0.243 e. The van der Waals surface area contributed by atoms with Crippen molar-refractivity contribution in [3.05, 3.63) is 90.1 Å². The monoisotopic (exact) mass is 1040 g/mol. The van der Waals surface area contributed by atoms with Crippen molar-refractivity contribution in [2.45, 2.75) is 126 Å². The number of nitrogens with one attached hydrogen (secondary N) is 12. The number of carbonyl (C=O) groups is 9. The number of H-pyrrole nitrogens is 2. The normalized spacial score (nSPS) is 21.2. The first-order chi connectivity index (χ1) is 36.0. The largest absolute Gasteiger partial charge is 0.370 e. The molecule has 1 aliphatic rings. The predicted octanol–water partition coefficient (Wildman–Crippen LogP) is -2.10. The van der Waals surface area contributed by atoms with E-state index in [0.717, 1.165) is 10.9 Å². The maximum Gasteiger partial charge on any atom is 0.243 e. The van der Waals surface area contributed by atoms with Crippen LogP contribution in [0, 0.1) is 5.41 Å². The number of amides is 9. The number of unbranched alkanes of at least 4 members (excludes halogenated alkanes) is 1. The third kappa shape index (κ3) is 18.9. The standard InChI is InChI=1S/C50H70N16O9/c1-29(67)60-36(15-7-8-20-51)44(70)62-37-16-9-21-56-42(68)19-18-35(43(52)69)61-48(74)40(24-31-26-58-34-14-6-5-13-33(31)34)65-45(71)38(17-10-22-57-50(53)54)63-47(73)39(23-30-11-3-2-4-12-30)64-49(75)41(66-46(37)72)25-32-27-55-28-59-32/h2-6,11-14,26-28,35-41,58H,7-10,15-25,51H2,1H3,(H2,52,69)(H,55,59)(H,56,68)(H,60,67)(H,61,74)(H,62,70)(H,63,73)(H,64,75)(H,65,71)(H,66,72)(H4,53,54,57)/t35?,36-,37-,38-,39+,40-,41-/m0/s1. The molecule has 404 valence electrons. The first kappa shape index (κ1) is 57.5. The summed E-state index contributed by atoms with van der Waals surface area (Å²) in [6, 6.07) is 6.69. The minimum Gasteiger partial charge on any atom is -0.370 e. The van der Waals surface area contributed by atoms with Gasteiger partial charge in [-0.2, -0.15) is 0 Å². The summed E-state index contributed by atoms with van der Waals surface area (Å²) in [5.74, 6) is -7.09. The molecule has 1 aliphatic heterocycles. The lowest BCUT2D eigenvalue weighted by atomic mass is 10.0. The summed E-state index contributed by atoms with van der Waals surface area (Å²) in [4.78, 5) is 135. The van der Waals surface area contributed by atoms with E-state index in [1.54, 1.807) is 42.6 Å². The second-order valence-electron chi connectivity index (χ2n) is 18.3. The Morgan fingerprint density at radius 3 is 2.09 bits per heavy atom. The van der Waals surface area contributed by atoms with Gasteiger partial charge in [0.2, 0.25) is 53.2 Å². The van der Waals surface area contributed by atoms with Crippen molar-refractivity contribution in [1.29, 1.82) is 5.41 Å². The van der Waals surface area contributed by atoms with Crippen LogP contribution in [0.3, 0.4) is 0 Å². The van der Waals surface area contributed by atoms with Gasteiger partial charge in [-0.05, 0) is 75.1 Å². The van der Waals surface area contributed by atoms with Crippen LogP contribution < -0.4 is 65.1 Å². The van der Waals surface area contributed by atoms with Gasteiger partial charge in [-0.25, -0.2) is 4.98 Å². The number of para-hydroxylation sites is 1. The van der Waals surface area contributed by atoms with Gasteiger partial charge in [-0.1, -0.05) is 48.5 Å². The Hall–Kier alpha value is -8.35. The predicted molar refractivity (Wildman–Crippen MR) is 276 cm³/mol. The highest BCUT2D eigenvalue weighted by Gasteiger charge is 2.35. The minimum absolute atomic E-state index is 0.0180. The molecule has 1 unspecified atom stereocenters. The van der Waals surface area contributed by atoms with E-state index in [0.29, 0.717) is 36.2 Å². The summed E-state index contributed by atoms with van der Waals surface area (Å²) in [6.07, 6.45) is 5.05. The van der Waals surface area contributed by atoms with E-state index in [-0.39, 0.29) is 83.3 Å². The van der Waals surface area contributed by atoms with Gasteiger partial charge in [0.05, 0.1) is 12.0 Å². The Morgan fingerprint density at radius 2 is 1.41 bits per heavy atom. The van der Waals surface area contributed by atoms with E-state index >= 15 is 0 Å². The van der Waals surface area contributed by atoms with Crippen LogP contribution in [0.5, 0.6) is 0 Å². The highest BCUT2D eigenvalue weighted by atomic mass is 16.2. The molecule has 0 aliphatic carbocycles. The molecule has 0 saturated carbocycles. The van der Waals surface area contributed by atoms with Gasteiger partial charge in [0.1, 0.15) is 42.3 Å². The molecule has 7 atom stereocenters. The highest BCUT2D eigenvalue weighted by molar-refractivity contribution is 5.98. The number of fused-ring (bicyclic) bond motifs is 1. The second-order valence-corrected chi connectivity index (χ2v) is 18.3. The van der Waals surface area contributed by atoms with Crippen LogP contribution in [0.25, 0.3) is 10.9 Å². The summed E-state index contributed by atoms with van der Waals surface area (Å²) in [5, 5.41) is 32.7. The third-order valence-electron chi connectivity index (χ3n) is 12.5. The van der Waals surface area contributed by atoms with E-state index in [1.807, 2.05) is 18.2 Å². The number of hydrogen-bond acceptors (Lipinski definition) is 12. The van der Waals surface area contributed by atoms with Crippen molar-refractivity contribution in [3.8, 4) is 0 Å². The van der Waals surface area contributed by atoms with Gasteiger partial charge in [0.25, 0.3) is 0 Å². The maximum atomic E-state index is 14.7. The molecule has 9 amide bonds. The topological polar surface area (TPSA) is 408 Å². The molecule has 5 rings (SSSR count). The molecule has 4 aromatic rings. The zero-order chi connectivity index (χ0) is 54.3. The Morgan fingerprint density at radius 1 is 0.760 bits per heavy atom. The van der Waals surface area contributed by atoms with Crippen LogP contribution >= 0.6 is 0 Å². The molecule has 0 radical (unpaired) electrons. The molecule has 18 N–H and O–H groups in total. The van der Waals surface area contributed by atoms with Crippen LogP contribution in [0.1, 0.15) is 81.5 Å². The molecular weight excluding hydrogens is 969 g/mol. The zero-order valence-corrected chi connectivity index (χ0v) is 41.9. The number of nitrogens with two attached hydrogens (primary N) is 3. The second kappa shape index (κ2) is 29.4. The number of carbonyl (C=O) groups excluding carboxylic acids is 9. The van der Waals surface area contributed by atoms with E-state index in [9.17, 15) is 43.2 Å². The van der Waals surface area contributed by atoms with Crippen molar-refractivity contribution in [3.63, 3.8) is 0 Å². The lowest BCUT2D eigenvalue weighted by molar-refractivity contribution is -0.135. The average Bonchev–Trinajstić information content (AvgIpc) is 4.05. The molecule has 1 saturated heterocycles. The Kier molecular flexibility index (Phi) is 22.5. The van der Waals surface area contributed by atoms with Crippen LogP contribution in [-0.2, 0) is 62.4 Å².